The minimum Gasteiger partial charge on any atom is -0.322 e. The quantitative estimate of drug-likeness (QED) is 0.766. The molecule has 0 unspecified atom stereocenters. The largest absolute Gasteiger partial charge is 0.344 e. The van der Waals surface area contributed by atoms with Gasteiger partial charge < -0.3 is 5.32 Å². The summed E-state index contributed by atoms with van der Waals surface area (Å²) >= 11 is 0. The molecule has 0 bridgehead atoms. The van der Waals surface area contributed by atoms with Crippen molar-refractivity contribution in [1.29, 1.82) is 0 Å². The first-order valence-corrected chi connectivity index (χ1v) is 8.46. The van der Waals surface area contributed by atoms with Gasteiger partial charge in [-0.2, -0.15) is 5.01 Å². The molecule has 9 nitrogen and oxygen atoms in total. The van der Waals surface area contributed by atoms with E-state index < -0.39 is 28.9 Å². The minimum absolute atomic E-state index is 0.251. The predicted molar refractivity (Wildman–Crippen MR) is 90.1 cm³/mol. The number of nitrogens with one attached hydrogen (secondary N) is 2. The highest BCUT2D eigenvalue weighted by atomic mass is 16.2. The number of hydrazine groups is 1. The molecule has 1 saturated heterocycles. The van der Waals surface area contributed by atoms with Crippen LogP contribution in [0.2, 0.25) is 0 Å². The fraction of sp³-hybridized carbons (Fsp3) is 0.353. The number of fused-ring (bicyclic) bond motifs is 1. The number of aromatic nitrogens is 2. The minimum atomic E-state index is -0.945. The van der Waals surface area contributed by atoms with Crippen molar-refractivity contribution in [2.24, 2.45) is 0 Å². The van der Waals surface area contributed by atoms with E-state index in [0.717, 1.165) is 25.5 Å². The van der Waals surface area contributed by atoms with Crippen molar-refractivity contribution in [1.82, 2.24) is 25.1 Å². The van der Waals surface area contributed by atoms with Crippen LogP contribution in [0, 0.1) is 0 Å². The third-order valence-electron chi connectivity index (χ3n) is 4.94. The highest BCUT2D eigenvalue weighted by molar-refractivity contribution is 6.09. The molecule has 2 fully saturated rings. The number of amides is 4. The molecular formula is C17H17N5O4. The number of urea groups is 1. The number of carbonyl (C=O) groups excluding carboxylic acids is 3. The van der Waals surface area contributed by atoms with E-state index in [0.29, 0.717) is 23.5 Å². The Bertz CT molecular complexity index is 977. The zero-order chi connectivity index (χ0) is 18.3. The lowest BCUT2D eigenvalue weighted by Gasteiger charge is -2.30. The van der Waals surface area contributed by atoms with E-state index in [4.69, 9.17) is 0 Å². The number of rotatable bonds is 2. The van der Waals surface area contributed by atoms with Crippen molar-refractivity contribution in [3.63, 3.8) is 0 Å². The van der Waals surface area contributed by atoms with Gasteiger partial charge in [0.25, 0.3) is 17.4 Å². The van der Waals surface area contributed by atoms with Crippen LogP contribution < -0.4 is 16.3 Å². The molecule has 2 aromatic rings. The second-order valence-electron chi connectivity index (χ2n) is 6.56. The molecule has 134 valence electrons. The molecule has 2 aliphatic rings. The summed E-state index contributed by atoms with van der Waals surface area (Å²) in [6, 6.07) is 4.31. The molecule has 0 atom stereocenters. The molecular weight excluding hydrogens is 338 g/mol. The van der Waals surface area contributed by atoms with Crippen LogP contribution in [-0.2, 0) is 4.79 Å². The molecule has 2 N–H and O–H groups in total. The molecule has 1 spiro atoms. The van der Waals surface area contributed by atoms with E-state index in [2.05, 4.69) is 15.7 Å². The van der Waals surface area contributed by atoms with Crippen LogP contribution in [0.5, 0.6) is 0 Å². The van der Waals surface area contributed by atoms with Gasteiger partial charge in [-0.15, -0.1) is 0 Å². The standard InChI is InChI=1S/C17H17N5O4/c23-13(11-10-18-12-6-2-5-9-21(12)14(11)24)20-22-15(25)17(19-16(22)26)7-3-1-4-8-17/h2,5-6,9-10H,1,3-4,7-8H2,(H,19,26)(H,20,23). The van der Waals surface area contributed by atoms with Crippen LogP contribution >= 0.6 is 0 Å². The Morgan fingerprint density at radius 3 is 2.69 bits per heavy atom. The molecule has 4 amide bonds. The number of hydrogen-bond acceptors (Lipinski definition) is 5. The number of nitrogens with zero attached hydrogens (tertiary/aromatic N) is 3. The SMILES string of the molecule is O=C(NN1C(=O)NC2(CCCCC2)C1=O)c1cnc2ccccn2c1=O. The number of hydrogen-bond donors (Lipinski definition) is 2. The Kier molecular flexibility index (Phi) is 3.71. The predicted octanol–water partition coefficient (Wildman–Crippen LogP) is 0.594. The Labute approximate surface area is 148 Å². The van der Waals surface area contributed by atoms with Crippen LogP contribution in [0.4, 0.5) is 4.79 Å². The first kappa shape index (κ1) is 16.2. The first-order valence-electron chi connectivity index (χ1n) is 8.46. The maximum absolute atomic E-state index is 12.7. The highest BCUT2D eigenvalue weighted by Crippen LogP contribution is 2.32. The zero-order valence-corrected chi connectivity index (χ0v) is 13.9. The lowest BCUT2D eigenvalue weighted by atomic mass is 9.82. The van der Waals surface area contributed by atoms with Gasteiger partial charge in [0.1, 0.15) is 16.7 Å². The van der Waals surface area contributed by atoms with E-state index in [1.165, 1.54) is 10.6 Å². The monoisotopic (exact) mass is 355 g/mol. The molecule has 26 heavy (non-hydrogen) atoms. The van der Waals surface area contributed by atoms with Gasteiger partial charge in [-0.3, -0.25) is 24.2 Å². The summed E-state index contributed by atoms with van der Waals surface area (Å²) < 4.78 is 1.23. The summed E-state index contributed by atoms with van der Waals surface area (Å²) in [6.45, 7) is 0. The number of carbonyl (C=O) groups is 3. The summed E-state index contributed by atoms with van der Waals surface area (Å²) in [4.78, 5) is 53.9. The maximum Gasteiger partial charge on any atom is 0.344 e. The Morgan fingerprint density at radius 1 is 1.15 bits per heavy atom. The van der Waals surface area contributed by atoms with Crippen molar-refractivity contribution >= 4 is 23.5 Å². The van der Waals surface area contributed by atoms with Gasteiger partial charge in [-0.05, 0) is 25.0 Å². The molecule has 1 aliphatic heterocycles. The van der Waals surface area contributed by atoms with E-state index in [-0.39, 0.29) is 5.56 Å². The fourth-order valence-corrected chi connectivity index (χ4v) is 3.56. The molecule has 1 aliphatic carbocycles. The summed E-state index contributed by atoms with van der Waals surface area (Å²) in [5.74, 6) is -1.33. The summed E-state index contributed by atoms with van der Waals surface area (Å²) in [7, 11) is 0. The summed E-state index contributed by atoms with van der Waals surface area (Å²) in [6.07, 6.45) is 6.41. The Morgan fingerprint density at radius 2 is 1.92 bits per heavy atom. The van der Waals surface area contributed by atoms with Crippen molar-refractivity contribution < 1.29 is 14.4 Å². The zero-order valence-electron chi connectivity index (χ0n) is 13.9. The van der Waals surface area contributed by atoms with Crippen LogP contribution in [0.25, 0.3) is 5.65 Å². The smallest absolute Gasteiger partial charge is 0.322 e. The van der Waals surface area contributed by atoms with Gasteiger partial charge in [0, 0.05) is 12.4 Å². The van der Waals surface area contributed by atoms with Gasteiger partial charge in [-0.25, -0.2) is 9.78 Å². The van der Waals surface area contributed by atoms with Crippen molar-refractivity contribution in [2.45, 2.75) is 37.6 Å². The topological polar surface area (TPSA) is 113 Å². The summed E-state index contributed by atoms with van der Waals surface area (Å²) in [5.41, 5.74) is 0.872. The van der Waals surface area contributed by atoms with E-state index in [1.807, 2.05) is 0 Å². The molecule has 0 radical (unpaired) electrons. The van der Waals surface area contributed by atoms with Crippen LogP contribution in [0.1, 0.15) is 42.5 Å². The second-order valence-corrected chi connectivity index (χ2v) is 6.56. The lowest BCUT2D eigenvalue weighted by molar-refractivity contribution is -0.134. The number of imide groups is 1. The van der Waals surface area contributed by atoms with E-state index in [9.17, 15) is 19.2 Å². The van der Waals surface area contributed by atoms with Gasteiger partial charge in [0.05, 0.1) is 0 Å². The second kappa shape index (κ2) is 5.94. The average molecular weight is 355 g/mol. The Balaban J connectivity index is 1.60. The Hall–Kier alpha value is -3.23. The summed E-state index contributed by atoms with van der Waals surface area (Å²) in [5, 5.41) is 3.37. The van der Waals surface area contributed by atoms with E-state index >= 15 is 0 Å². The van der Waals surface area contributed by atoms with Crippen molar-refractivity contribution in [3.8, 4) is 0 Å². The van der Waals surface area contributed by atoms with Gasteiger partial charge in [0.15, 0.2) is 0 Å². The van der Waals surface area contributed by atoms with Crippen LogP contribution in [-0.4, -0.2) is 37.8 Å². The molecule has 4 rings (SSSR count). The lowest BCUT2D eigenvalue weighted by Crippen LogP contribution is -2.51. The van der Waals surface area contributed by atoms with Crippen molar-refractivity contribution in [2.75, 3.05) is 0 Å². The number of pyridine rings is 1. The van der Waals surface area contributed by atoms with Gasteiger partial charge in [0.2, 0.25) is 0 Å². The van der Waals surface area contributed by atoms with Crippen LogP contribution in [0.3, 0.4) is 0 Å². The van der Waals surface area contributed by atoms with Gasteiger partial charge >= 0.3 is 6.03 Å². The molecule has 2 aromatic heterocycles. The van der Waals surface area contributed by atoms with E-state index in [1.54, 1.807) is 18.2 Å². The third kappa shape index (κ3) is 2.43. The average Bonchev–Trinajstić information content (AvgIpc) is 2.87. The third-order valence-corrected chi connectivity index (χ3v) is 4.94. The molecule has 1 saturated carbocycles. The fourth-order valence-electron chi connectivity index (χ4n) is 3.56. The molecule has 9 heteroatoms. The molecule has 3 heterocycles. The normalized spacial score (nSPS) is 19.0. The van der Waals surface area contributed by atoms with Crippen molar-refractivity contribution in [3.05, 3.63) is 46.5 Å². The van der Waals surface area contributed by atoms with Gasteiger partial charge in [-0.1, -0.05) is 25.3 Å². The first-order chi connectivity index (χ1) is 12.5. The molecule has 0 aromatic carbocycles. The highest BCUT2D eigenvalue weighted by Gasteiger charge is 2.52. The van der Waals surface area contributed by atoms with Crippen LogP contribution in [0.15, 0.2) is 35.4 Å². The maximum atomic E-state index is 12.7.